The van der Waals surface area contributed by atoms with Crippen molar-refractivity contribution < 1.29 is 0 Å². The summed E-state index contributed by atoms with van der Waals surface area (Å²) in [4.78, 5) is 4.60. The SMILES string of the molecule is Cn1nc(C2CC2)nc1CCNC(C)(C)C. The van der Waals surface area contributed by atoms with E-state index in [1.54, 1.807) is 0 Å². The van der Waals surface area contributed by atoms with Gasteiger partial charge in [-0.15, -0.1) is 0 Å². The summed E-state index contributed by atoms with van der Waals surface area (Å²) in [6.07, 6.45) is 3.49. The Morgan fingerprint density at radius 1 is 1.38 bits per heavy atom. The lowest BCUT2D eigenvalue weighted by Crippen LogP contribution is -2.37. The second-order valence-electron chi connectivity index (χ2n) is 5.71. The minimum absolute atomic E-state index is 0.178. The molecule has 1 N–H and O–H groups in total. The Morgan fingerprint density at radius 2 is 2.06 bits per heavy atom. The summed E-state index contributed by atoms with van der Waals surface area (Å²) < 4.78 is 1.93. The Bertz CT molecular complexity index is 358. The van der Waals surface area contributed by atoms with Gasteiger partial charge in [0.1, 0.15) is 5.82 Å². The van der Waals surface area contributed by atoms with Crippen molar-refractivity contribution in [2.24, 2.45) is 7.05 Å². The predicted molar refractivity (Wildman–Crippen MR) is 64.4 cm³/mol. The topological polar surface area (TPSA) is 42.7 Å². The van der Waals surface area contributed by atoms with Crippen LogP contribution in [0.3, 0.4) is 0 Å². The van der Waals surface area contributed by atoms with Gasteiger partial charge in [-0.05, 0) is 33.6 Å². The molecule has 1 aliphatic carbocycles. The van der Waals surface area contributed by atoms with Crippen molar-refractivity contribution in [2.75, 3.05) is 6.54 Å². The van der Waals surface area contributed by atoms with Crippen molar-refractivity contribution in [1.82, 2.24) is 20.1 Å². The van der Waals surface area contributed by atoms with Gasteiger partial charge in [0.25, 0.3) is 0 Å². The highest BCUT2D eigenvalue weighted by Crippen LogP contribution is 2.37. The lowest BCUT2D eigenvalue weighted by Gasteiger charge is -2.20. The third kappa shape index (κ3) is 3.04. The van der Waals surface area contributed by atoms with Gasteiger partial charge >= 0.3 is 0 Å². The van der Waals surface area contributed by atoms with Gasteiger partial charge in [-0.3, -0.25) is 4.68 Å². The molecule has 0 aliphatic heterocycles. The molecule has 0 atom stereocenters. The van der Waals surface area contributed by atoms with E-state index in [9.17, 15) is 0 Å². The van der Waals surface area contributed by atoms with Gasteiger partial charge in [-0.2, -0.15) is 5.10 Å². The first-order chi connectivity index (χ1) is 7.46. The second-order valence-corrected chi connectivity index (χ2v) is 5.71. The zero-order valence-corrected chi connectivity index (χ0v) is 10.7. The molecular formula is C12H22N4. The van der Waals surface area contributed by atoms with Crippen LogP contribution >= 0.6 is 0 Å². The Morgan fingerprint density at radius 3 is 2.62 bits per heavy atom. The summed E-state index contributed by atoms with van der Waals surface area (Å²) in [5.74, 6) is 2.79. The van der Waals surface area contributed by atoms with Crippen molar-refractivity contribution in [3.05, 3.63) is 11.6 Å². The van der Waals surface area contributed by atoms with Gasteiger partial charge in [-0.1, -0.05) is 0 Å². The fourth-order valence-electron chi connectivity index (χ4n) is 1.72. The summed E-state index contributed by atoms with van der Waals surface area (Å²) in [5.41, 5.74) is 0.178. The molecule has 0 radical (unpaired) electrons. The minimum atomic E-state index is 0.178. The normalized spacial score (nSPS) is 16.8. The van der Waals surface area contributed by atoms with Gasteiger partial charge in [0.05, 0.1) is 0 Å². The molecule has 0 aromatic carbocycles. The molecule has 2 rings (SSSR count). The zero-order valence-electron chi connectivity index (χ0n) is 10.7. The van der Waals surface area contributed by atoms with Gasteiger partial charge in [0.15, 0.2) is 5.82 Å². The molecule has 0 spiro atoms. The molecule has 1 fully saturated rings. The second kappa shape index (κ2) is 4.17. The van der Waals surface area contributed by atoms with Gasteiger partial charge in [-0.25, -0.2) is 4.98 Å². The lowest BCUT2D eigenvalue weighted by molar-refractivity contribution is 0.425. The first-order valence-corrected chi connectivity index (χ1v) is 6.10. The molecule has 1 aromatic rings. The maximum atomic E-state index is 4.60. The van der Waals surface area contributed by atoms with Crippen molar-refractivity contribution in [1.29, 1.82) is 0 Å². The highest BCUT2D eigenvalue weighted by atomic mass is 15.3. The Kier molecular flexibility index (Phi) is 3.02. The van der Waals surface area contributed by atoms with Crippen LogP contribution in [0.4, 0.5) is 0 Å². The van der Waals surface area contributed by atoms with Crippen LogP contribution in [0.15, 0.2) is 0 Å². The molecule has 16 heavy (non-hydrogen) atoms. The van der Waals surface area contributed by atoms with Crippen LogP contribution in [0.1, 0.15) is 51.2 Å². The van der Waals surface area contributed by atoms with Crippen LogP contribution in [0.25, 0.3) is 0 Å². The third-order valence-electron chi connectivity index (χ3n) is 2.82. The molecular weight excluding hydrogens is 200 g/mol. The standard InChI is InChI=1S/C12H22N4/c1-12(2,3)13-8-7-10-14-11(9-5-6-9)15-16(10)4/h9,13H,5-8H2,1-4H3. The summed E-state index contributed by atoms with van der Waals surface area (Å²) in [5, 5.41) is 7.94. The van der Waals surface area contributed by atoms with Crippen molar-refractivity contribution in [3.63, 3.8) is 0 Å². The average molecular weight is 222 g/mol. The number of aromatic nitrogens is 3. The largest absolute Gasteiger partial charge is 0.312 e. The summed E-state index contributed by atoms with van der Waals surface area (Å²) in [7, 11) is 1.99. The molecule has 1 aliphatic rings. The Hall–Kier alpha value is -0.900. The molecule has 90 valence electrons. The van der Waals surface area contributed by atoms with E-state index in [1.165, 1.54) is 12.8 Å². The number of rotatable bonds is 4. The maximum Gasteiger partial charge on any atom is 0.154 e. The zero-order chi connectivity index (χ0) is 11.8. The first kappa shape index (κ1) is 11.6. The quantitative estimate of drug-likeness (QED) is 0.842. The van der Waals surface area contributed by atoms with E-state index in [0.29, 0.717) is 5.92 Å². The van der Waals surface area contributed by atoms with Crippen LogP contribution in [0.5, 0.6) is 0 Å². The van der Waals surface area contributed by atoms with E-state index in [2.05, 4.69) is 36.2 Å². The Labute approximate surface area is 97.5 Å². The van der Waals surface area contributed by atoms with E-state index in [-0.39, 0.29) is 5.54 Å². The summed E-state index contributed by atoms with van der Waals surface area (Å²) >= 11 is 0. The molecule has 0 saturated heterocycles. The summed E-state index contributed by atoms with van der Waals surface area (Å²) in [6.45, 7) is 7.50. The highest BCUT2D eigenvalue weighted by Gasteiger charge is 2.28. The van der Waals surface area contributed by atoms with Crippen LogP contribution in [-0.4, -0.2) is 26.8 Å². The fraction of sp³-hybridized carbons (Fsp3) is 0.833. The first-order valence-electron chi connectivity index (χ1n) is 6.10. The number of nitrogens with zero attached hydrogens (tertiary/aromatic N) is 3. The van der Waals surface area contributed by atoms with Crippen LogP contribution in [-0.2, 0) is 13.5 Å². The van der Waals surface area contributed by atoms with Gasteiger partial charge in [0.2, 0.25) is 0 Å². The molecule has 4 heteroatoms. The van der Waals surface area contributed by atoms with Crippen molar-refractivity contribution >= 4 is 0 Å². The molecule has 0 bridgehead atoms. The van der Waals surface area contributed by atoms with Crippen LogP contribution in [0.2, 0.25) is 0 Å². The van der Waals surface area contributed by atoms with Gasteiger partial charge < -0.3 is 5.32 Å². The minimum Gasteiger partial charge on any atom is -0.312 e. The van der Waals surface area contributed by atoms with Crippen LogP contribution < -0.4 is 5.32 Å². The monoisotopic (exact) mass is 222 g/mol. The Balaban J connectivity index is 1.88. The maximum absolute atomic E-state index is 4.60. The lowest BCUT2D eigenvalue weighted by atomic mass is 10.1. The highest BCUT2D eigenvalue weighted by molar-refractivity contribution is 5.06. The smallest absolute Gasteiger partial charge is 0.154 e. The molecule has 1 heterocycles. The number of hydrogen-bond donors (Lipinski definition) is 1. The van der Waals surface area contributed by atoms with Crippen LogP contribution in [0, 0.1) is 0 Å². The number of aryl methyl sites for hydroxylation is 1. The summed E-state index contributed by atoms with van der Waals surface area (Å²) in [6, 6.07) is 0. The molecule has 1 aromatic heterocycles. The van der Waals surface area contributed by atoms with E-state index >= 15 is 0 Å². The average Bonchev–Trinajstić information content (AvgIpc) is 2.91. The van der Waals surface area contributed by atoms with E-state index < -0.39 is 0 Å². The molecule has 4 nitrogen and oxygen atoms in total. The molecule has 1 saturated carbocycles. The van der Waals surface area contributed by atoms with Crippen molar-refractivity contribution in [2.45, 2.75) is 51.5 Å². The van der Waals surface area contributed by atoms with Gasteiger partial charge in [0, 0.05) is 31.5 Å². The fourth-order valence-corrected chi connectivity index (χ4v) is 1.72. The molecule has 0 unspecified atom stereocenters. The molecule has 0 amide bonds. The number of hydrogen-bond acceptors (Lipinski definition) is 3. The number of nitrogens with one attached hydrogen (secondary N) is 1. The van der Waals surface area contributed by atoms with E-state index in [1.807, 2.05) is 11.7 Å². The van der Waals surface area contributed by atoms with Crippen molar-refractivity contribution in [3.8, 4) is 0 Å². The van der Waals surface area contributed by atoms with E-state index in [0.717, 1.165) is 24.6 Å². The van der Waals surface area contributed by atoms with E-state index in [4.69, 9.17) is 0 Å². The predicted octanol–water partition coefficient (Wildman–Crippen LogP) is 1.62. The third-order valence-corrected chi connectivity index (χ3v) is 2.82.